The maximum atomic E-state index is 4.52. The molecule has 0 atom stereocenters. The van der Waals surface area contributed by atoms with Crippen molar-refractivity contribution in [3.8, 4) is 11.1 Å². The van der Waals surface area contributed by atoms with Gasteiger partial charge in [-0.2, -0.15) is 0 Å². The summed E-state index contributed by atoms with van der Waals surface area (Å²) in [6, 6.07) is 12.8. The Morgan fingerprint density at radius 1 is 1.27 bits per heavy atom. The topological polar surface area (TPSA) is 33.1 Å². The minimum atomic E-state index is 0.956. The highest BCUT2D eigenvalue weighted by atomic mass is 15.0. The van der Waals surface area contributed by atoms with Gasteiger partial charge in [0.05, 0.1) is 0 Å². The number of unbranched alkanes of at least 4 members (excludes halogenated alkanes) is 1. The predicted octanol–water partition coefficient (Wildman–Crippen LogP) is 4.13. The fraction of sp³-hybridized carbons (Fsp3) is 0.211. The number of fused-ring (bicyclic) bond motifs is 1. The molecule has 3 aromatic rings. The SMILES string of the molecule is C=CCCCn1cccc(-c2ccc3cc[nH]c3c2)c1=NC. The zero-order chi connectivity index (χ0) is 15.4. The maximum absolute atomic E-state index is 4.52. The van der Waals surface area contributed by atoms with Gasteiger partial charge < -0.3 is 9.55 Å². The third-order valence-electron chi connectivity index (χ3n) is 3.93. The summed E-state index contributed by atoms with van der Waals surface area (Å²) >= 11 is 0. The summed E-state index contributed by atoms with van der Waals surface area (Å²) in [6.45, 7) is 4.74. The molecule has 0 amide bonds. The average Bonchev–Trinajstić information content (AvgIpc) is 3.02. The number of hydrogen-bond donors (Lipinski definition) is 1. The number of aryl methyl sites for hydroxylation is 1. The highest BCUT2D eigenvalue weighted by Gasteiger charge is 2.05. The molecular formula is C19H21N3. The van der Waals surface area contributed by atoms with Crippen LogP contribution in [0, 0.1) is 0 Å². The Hall–Kier alpha value is -2.55. The number of aromatic amines is 1. The molecule has 0 spiro atoms. The predicted molar refractivity (Wildman–Crippen MR) is 92.6 cm³/mol. The van der Waals surface area contributed by atoms with Crippen molar-refractivity contribution >= 4 is 10.9 Å². The molecule has 3 nitrogen and oxygen atoms in total. The molecule has 22 heavy (non-hydrogen) atoms. The van der Waals surface area contributed by atoms with Crippen molar-refractivity contribution in [2.75, 3.05) is 7.05 Å². The summed E-state index contributed by atoms with van der Waals surface area (Å²) in [5.74, 6) is 0. The number of allylic oxidation sites excluding steroid dienone is 1. The molecule has 2 aromatic heterocycles. The molecule has 1 N–H and O–H groups in total. The maximum Gasteiger partial charge on any atom is 0.135 e. The fourth-order valence-corrected chi connectivity index (χ4v) is 2.82. The van der Waals surface area contributed by atoms with Gasteiger partial charge in [-0.3, -0.25) is 4.99 Å². The molecule has 0 saturated carbocycles. The number of benzene rings is 1. The minimum Gasteiger partial charge on any atom is -0.361 e. The van der Waals surface area contributed by atoms with Crippen LogP contribution in [0.2, 0.25) is 0 Å². The Balaban J connectivity index is 2.05. The Morgan fingerprint density at radius 2 is 2.18 bits per heavy atom. The van der Waals surface area contributed by atoms with Crippen molar-refractivity contribution in [3.05, 3.63) is 66.9 Å². The van der Waals surface area contributed by atoms with E-state index >= 15 is 0 Å². The molecule has 0 radical (unpaired) electrons. The average molecular weight is 291 g/mol. The van der Waals surface area contributed by atoms with Gasteiger partial charge in [-0.15, -0.1) is 6.58 Å². The van der Waals surface area contributed by atoms with E-state index < -0.39 is 0 Å². The zero-order valence-corrected chi connectivity index (χ0v) is 12.9. The molecule has 0 aliphatic rings. The molecular weight excluding hydrogens is 270 g/mol. The molecule has 3 rings (SSSR count). The summed E-state index contributed by atoms with van der Waals surface area (Å²) in [5.41, 5.74) is 4.54. The number of nitrogens with one attached hydrogen (secondary N) is 1. The van der Waals surface area contributed by atoms with Gasteiger partial charge in [0.2, 0.25) is 0 Å². The van der Waals surface area contributed by atoms with Gasteiger partial charge in [-0.05, 0) is 48.1 Å². The molecule has 1 aromatic carbocycles. The van der Waals surface area contributed by atoms with Crippen LogP contribution in [-0.2, 0) is 6.54 Å². The smallest absolute Gasteiger partial charge is 0.135 e. The van der Waals surface area contributed by atoms with E-state index in [9.17, 15) is 0 Å². The van der Waals surface area contributed by atoms with Crippen LogP contribution in [0.15, 0.2) is 66.4 Å². The largest absolute Gasteiger partial charge is 0.361 e. The molecule has 0 unspecified atom stereocenters. The standard InChI is InChI=1S/C19H21N3/c1-3-4-5-12-22-13-6-7-17(19(22)20-2)16-9-8-15-10-11-21-18(15)14-16/h3,6-11,13-14,21H,1,4-5,12H2,2H3. The molecule has 0 aliphatic heterocycles. The van der Waals surface area contributed by atoms with Crippen molar-refractivity contribution in [2.45, 2.75) is 19.4 Å². The van der Waals surface area contributed by atoms with E-state index in [1.165, 1.54) is 16.5 Å². The number of aromatic nitrogens is 2. The summed E-state index contributed by atoms with van der Waals surface area (Å²) in [6.07, 6.45) is 8.14. The van der Waals surface area contributed by atoms with Gasteiger partial charge in [0.1, 0.15) is 5.49 Å². The van der Waals surface area contributed by atoms with E-state index in [1.54, 1.807) is 0 Å². The van der Waals surface area contributed by atoms with Crippen molar-refractivity contribution < 1.29 is 0 Å². The number of hydrogen-bond acceptors (Lipinski definition) is 1. The summed E-state index contributed by atoms with van der Waals surface area (Å²) in [7, 11) is 1.86. The van der Waals surface area contributed by atoms with Crippen LogP contribution >= 0.6 is 0 Å². The van der Waals surface area contributed by atoms with Gasteiger partial charge in [0, 0.05) is 37.1 Å². The van der Waals surface area contributed by atoms with Crippen molar-refractivity contribution in [3.63, 3.8) is 0 Å². The first-order valence-corrected chi connectivity index (χ1v) is 7.64. The Morgan fingerprint density at radius 3 is 3.00 bits per heavy atom. The lowest BCUT2D eigenvalue weighted by Crippen LogP contribution is -2.22. The van der Waals surface area contributed by atoms with E-state index in [2.05, 4.69) is 63.7 Å². The Bertz CT molecular complexity index is 852. The molecule has 3 heteroatoms. The summed E-state index contributed by atoms with van der Waals surface area (Å²) < 4.78 is 2.22. The first-order chi connectivity index (χ1) is 10.8. The van der Waals surface area contributed by atoms with Crippen molar-refractivity contribution in [2.24, 2.45) is 4.99 Å². The van der Waals surface area contributed by atoms with Crippen LogP contribution in [0.5, 0.6) is 0 Å². The number of pyridine rings is 1. The van der Waals surface area contributed by atoms with E-state index in [1.807, 2.05) is 19.3 Å². The minimum absolute atomic E-state index is 0.956. The second kappa shape index (κ2) is 6.48. The van der Waals surface area contributed by atoms with Crippen molar-refractivity contribution in [1.29, 1.82) is 0 Å². The van der Waals surface area contributed by atoms with E-state index in [4.69, 9.17) is 0 Å². The number of rotatable bonds is 5. The third-order valence-corrected chi connectivity index (χ3v) is 3.93. The first-order valence-electron chi connectivity index (χ1n) is 7.64. The molecule has 2 heterocycles. The van der Waals surface area contributed by atoms with Crippen LogP contribution in [0.25, 0.3) is 22.0 Å². The normalized spacial score (nSPS) is 12.0. The number of H-pyrrole nitrogens is 1. The van der Waals surface area contributed by atoms with Crippen LogP contribution in [0.4, 0.5) is 0 Å². The highest BCUT2D eigenvalue weighted by molar-refractivity contribution is 5.84. The zero-order valence-electron chi connectivity index (χ0n) is 12.9. The fourth-order valence-electron chi connectivity index (χ4n) is 2.82. The third kappa shape index (κ3) is 2.75. The van der Waals surface area contributed by atoms with E-state index in [0.717, 1.165) is 30.4 Å². The van der Waals surface area contributed by atoms with Crippen LogP contribution in [-0.4, -0.2) is 16.6 Å². The van der Waals surface area contributed by atoms with Gasteiger partial charge in [0.25, 0.3) is 0 Å². The van der Waals surface area contributed by atoms with Crippen LogP contribution in [0.3, 0.4) is 0 Å². The molecule has 0 fully saturated rings. The van der Waals surface area contributed by atoms with Gasteiger partial charge in [0.15, 0.2) is 0 Å². The first kappa shape index (κ1) is 14.4. The van der Waals surface area contributed by atoms with Gasteiger partial charge in [-0.1, -0.05) is 18.2 Å². The van der Waals surface area contributed by atoms with Crippen LogP contribution < -0.4 is 5.49 Å². The lowest BCUT2D eigenvalue weighted by Gasteiger charge is -2.11. The molecule has 0 saturated heterocycles. The van der Waals surface area contributed by atoms with E-state index in [-0.39, 0.29) is 0 Å². The second-order valence-electron chi connectivity index (χ2n) is 5.37. The molecule has 0 bridgehead atoms. The van der Waals surface area contributed by atoms with E-state index in [0.29, 0.717) is 0 Å². The molecule has 112 valence electrons. The monoisotopic (exact) mass is 291 g/mol. The van der Waals surface area contributed by atoms with Crippen molar-refractivity contribution in [1.82, 2.24) is 9.55 Å². The Kier molecular flexibility index (Phi) is 4.24. The lowest BCUT2D eigenvalue weighted by atomic mass is 10.1. The second-order valence-corrected chi connectivity index (χ2v) is 5.37. The summed E-state index contributed by atoms with van der Waals surface area (Å²) in [5, 5.41) is 1.23. The Labute approximate surface area is 130 Å². The van der Waals surface area contributed by atoms with Crippen LogP contribution in [0.1, 0.15) is 12.8 Å². The van der Waals surface area contributed by atoms with Gasteiger partial charge >= 0.3 is 0 Å². The number of nitrogens with zero attached hydrogens (tertiary/aromatic N) is 2. The molecule has 0 aliphatic carbocycles. The quantitative estimate of drug-likeness (QED) is 0.541. The summed E-state index contributed by atoms with van der Waals surface area (Å²) in [4.78, 5) is 7.80. The highest BCUT2D eigenvalue weighted by Crippen LogP contribution is 2.21. The van der Waals surface area contributed by atoms with Gasteiger partial charge in [-0.25, -0.2) is 0 Å². The lowest BCUT2D eigenvalue weighted by molar-refractivity contribution is 0.621.